The Bertz CT molecular complexity index is 1350. The Morgan fingerprint density at radius 1 is 0.974 bits per heavy atom. The number of hydrogen-bond donors (Lipinski definition) is 2. The van der Waals surface area contributed by atoms with Crippen LogP contribution in [0, 0.1) is 0 Å². The molecule has 11 heteroatoms. The van der Waals surface area contributed by atoms with Gasteiger partial charge >= 0.3 is 12.1 Å². The van der Waals surface area contributed by atoms with Crippen molar-refractivity contribution in [1.29, 1.82) is 0 Å². The summed E-state index contributed by atoms with van der Waals surface area (Å²) >= 11 is 0. The number of carboxylic acids is 1. The second-order valence-electron chi connectivity index (χ2n) is 9.42. The van der Waals surface area contributed by atoms with Crippen molar-refractivity contribution in [2.75, 3.05) is 13.1 Å². The molecule has 2 aliphatic heterocycles. The van der Waals surface area contributed by atoms with Crippen LogP contribution in [0.5, 0.6) is 0 Å². The summed E-state index contributed by atoms with van der Waals surface area (Å²) in [4.78, 5) is 41.1. The van der Waals surface area contributed by atoms with Crippen LogP contribution < -0.4 is 10.9 Å². The van der Waals surface area contributed by atoms with Crippen molar-refractivity contribution in [1.82, 2.24) is 19.8 Å². The lowest BCUT2D eigenvalue weighted by Gasteiger charge is -2.23. The number of aliphatic carboxylic acids is 1. The number of benzene rings is 2. The molecule has 8 nitrogen and oxygen atoms in total. The molecule has 0 radical (unpaired) electrons. The Morgan fingerprint density at radius 3 is 2.16 bits per heavy atom. The van der Waals surface area contributed by atoms with Crippen LogP contribution in [0.4, 0.5) is 13.2 Å². The van der Waals surface area contributed by atoms with E-state index in [1.54, 1.807) is 6.20 Å². The second-order valence-corrected chi connectivity index (χ2v) is 9.42. The van der Waals surface area contributed by atoms with Crippen molar-refractivity contribution in [3.63, 3.8) is 0 Å². The lowest BCUT2D eigenvalue weighted by Crippen LogP contribution is -2.35. The van der Waals surface area contributed by atoms with Crippen LogP contribution in [0.1, 0.15) is 40.2 Å². The minimum Gasteiger partial charge on any atom is -0.475 e. The van der Waals surface area contributed by atoms with E-state index in [0.717, 1.165) is 50.4 Å². The maximum atomic E-state index is 12.7. The summed E-state index contributed by atoms with van der Waals surface area (Å²) in [5.41, 5.74) is 1.89. The van der Waals surface area contributed by atoms with Gasteiger partial charge in [0.25, 0.3) is 11.5 Å². The van der Waals surface area contributed by atoms with Crippen LogP contribution in [-0.2, 0) is 29.8 Å². The summed E-state index contributed by atoms with van der Waals surface area (Å²) in [6.45, 7) is 3.98. The summed E-state index contributed by atoms with van der Waals surface area (Å²) < 4.78 is 33.8. The highest BCUT2D eigenvalue weighted by molar-refractivity contribution is 5.93. The molecule has 200 valence electrons. The summed E-state index contributed by atoms with van der Waals surface area (Å²) in [5, 5.41) is 9.97. The predicted molar refractivity (Wildman–Crippen MR) is 132 cm³/mol. The molecule has 2 aliphatic rings. The molecule has 1 atom stereocenters. The third-order valence-corrected chi connectivity index (χ3v) is 6.77. The smallest absolute Gasteiger partial charge is 0.475 e. The van der Waals surface area contributed by atoms with Crippen LogP contribution in [0.3, 0.4) is 0 Å². The largest absolute Gasteiger partial charge is 0.490 e. The van der Waals surface area contributed by atoms with E-state index in [-0.39, 0.29) is 16.9 Å². The molecule has 3 aromatic rings. The number of likely N-dealkylation sites (tertiary alicyclic amines) is 1. The molecule has 3 heterocycles. The monoisotopic (exact) mass is 528 g/mol. The van der Waals surface area contributed by atoms with Crippen molar-refractivity contribution in [2.45, 2.75) is 44.1 Å². The van der Waals surface area contributed by atoms with Crippen LogP contribution >= 0.6 is 0 Å². The predicted octanol–water partition coefficient (Wildman–Crippen LogP) is 3.35. The highest BCUT2D eigenvalue weighted by Gasteiger charge is 2.46. The van der Waals surface area contributed by atoms with E-state index in [2.05, 4.69) is 39.5 Å². The molecular weight excluding hydrogens is 501 g/mol. The first-order valence-corrected chi connectivity index (χ1v) is 12.1. The molecule has 1 amide bonds. The molecule has 0 aliphatic carbocycles. The highest BCUT2D eigenvalue weighted by atomic mass is 19.4. The first kappa shape index (κ1) is 27.1. The normalized spacial score (nSPS) is 18.5. The Labute approximate surface area is 216 Å². The fourth-order valence-corrected chi connectivity index (χ4v) is 4.88. The maximum absolute atomic E-state index is 12.7. The van der Waals surface area contributed by atoms with Gasteiger partial charge in [0, 0.05) is 37.8 Å². The fourth-order valence-electron chi connectivity index (χ4n) is 4.88. The van der Waals surface area contributed by atoms with Crippen molar-refractivity contribution >= 4 is 11.9 Å². The molecule has 1 fully saturated rings. The minimum atomic E-state index is -5.08. The summed E-state index contributed by atoms with van der Waals surface area (Å²) in [5.74, 6) is -2.28. The van der Waals surface area contributed by atoms with Crippen molar-refractivity contribution in [3.05, 3.63) is 99.7 Å². The maximum Gasteiger partial charge on any atom is 0.490 e. The van der Waals surface area contributed by atoms with Crippen LogP contribution in [-0.4, -0.2) is 50.7 Å². The number of carbonyl (C=O) groups excluding carboxylic acids is 1. The van der Waals surface area contributed by atoms with Gasteiger partial charge in [0.15, 0.2) is 0 Å². The molecule has 2 N–H and O–H groups in total. The summed E-state index contributed by atoms with van der Waals surface area (Å²) in [6, 6.07) is 20.1. The number of fused-ring (bicyclic) bond motifs is 2. The summed E-state index contributed by atoms with van der Waals surface area (Å²) in [6.07, 6.45) is -1.43. The van der Waals surface area contributed by atoms with Crippen LogP contribution in [0.2, 0.25) is 0 Å². The van der Waals surface area contributed by atoms with Crippen molar-refractivity contribution < 1.29 is 27.9 Å². The quantitative estimate of drug-likeness (QED) is 0.527. The number of nitrogens with one attached hydrogen (secondary N) is 1. The molecule has 5 rings (SSSR count). The number of amides is 1. The molecule has 1 spiro atoms. The molecule has 38 heavy (non-hydrogen) atoms. The fraction of sp³-hybridized carbons (Fsp3) is 0.333. The molecule has 2 aromatic carbocycles. The SMILES string of the molecule is O=C(NCc1ccccc1)c1cn2c(nc1=O)C1(CCN(Cc3ccccc3)C1)CC2.O=C(O)C(F)(F)F. The van der Waals surface area contributed by atoms with Gasteiger partial charge in [-0.25, -0.2) is 4.79 Å². The lowest BCUT2D eigenvalue weighted by atomic mass is 9.85. The van der Waals surface area contributed by atoms with Gasteiger partial charge in [-0.3, -0.25) is 14.5 Å². The first-order valence-electron chi connectivity index (χ1n) is 12.1. The van der Waals surface area contributed by atoms with Gasteiger partial charge in [-0.05, 0) is 30.5 Å². The van der Waals surface area contributed by atoms with Crippen LogP contribution in [0.25, 0.3) is 0 Å². The second kappa shape index (κ2) is 11.2. The van der Waals surface area contributed by atoms with Gasteiger partial charge in [0.1, 0.15) is 11.4 Å². The number of aryl methyl sites for hydroxylation is 1. The number of nitrogens with zero attached hydrogens (tertiary/aromatic N) is 3. The molecular formula is C27H27F3N4O4. The Morgan fingerprint density at radius 2 is 1.55 bits per heavy atom. The number of alkyl halides is 3. The van der Waals surface area contributed by atoms with Gasteiger partial charge in [-0.2, -0.15) is 18.2 Å². The van der Waals surface area contributed by atoms with Crippen molar-refractivity contribution in [3.8, 4) is 0 Å². The number of aromatic nitrogens is 2. The summed E-state index contributed by atoms with van der Waals surface area (Å²) in [7, 11) is 0. The zero-order valence-corrected chi connectivity index (χ0v) is 20.4. The third kappa shape index (κ3) is 6.28. The standard InChI is InChI=1S/C25H26N4O2.C2HF3O2/c30-22(26-15-19-7-3-1-4-8-19)21-17-29-14-12-25(24(29)27-23(21)31)11-13-28(18-25)16-20-9-5-2-6-10-20;3-2(4,5)1(6)7/h1-10,17H,11-16,18H2,(H,26,30);(H,6,7). The third-order valence-electron chi connectivity index (χ3n) is 6.77. The number of halogens is 3. The van der Waals surface area contributed by atoms with Crippen molar-refractivity contribution in [2.24, 2.45) is 0 Å². The topological polar surface area (TPSA) is 105 Å². The molecule has 1 unspecified atom stereocenters. The molecule has 1 saturated heterocycles. The number of hydrogen-bond acceptors (Lipinski definition) is 5. The van der Waals surface area contributed by atoms with Gasteiger partial charge < -0.3 is 15.0 Å². The zero-order valence-electron chi connectivity index (χ0n) is 20.4. The van der Waals surface area contributed by atoms with Gasteiger partial charge in [0.2, 0.25) is 0 Å². The zero-order chi connectivity index (χ0) is 27.3. The van der Waals surface area contributed by atoms with E-state index in [4.69, 9.17) is 9.90 Å². The van der Waals surface area contributed by atoms with E-state index < -0.39 is 17.7 Å². The molecule has 1 aromatic heterocycles. The van der Waals surface area contributed by atoms with E-state index in [0.29, 0.717) is 6.54 Å². The number of carbonyl (C=O) groups is 2. The van der Waals surface area contributed by atoms with E-state index in [1.807, 2.05) is 41.0 Å². The lowest BCUT2D eigenvalue weighted by molar-refractivity contribution is -0.192. The number of rotatable bonds is 5. The average Bonchev–Trinajstić information content (AvgIpc) is 3.46. The molecule has 0 saturated carbocycles. The average molecular weight is 529 g/mol. The van der Waals surface area contributed by atoms with Gasteiger partial charge in [0.05, 0.1) is 0 Å². The Kier molecular flexibility index (Phi) is 7.96. The van der Waals surface area contributed by atoms with E-state index in [1.165, 1.54) is 5.56 Å². The van der Waals surface area contributed by atoms with Gasteiger partial charge in [-0.1, -0.05) is 60.7 Å². The van der Waals surface area contributed by atoms with Gasteiger partial charge in [-0.15, -0.1) is 0 Å². The first-order chi connectivity index (χ1) is 18.1. The Hall–Kier alpha value is -3.99. The minimum absolute atomic E-state index is 0.0903. The Balaban J connectivity index is 0.000000426. The van der Waals surface area contributed by atoms with Crippen LogP contribution in [0.15, 0.2) is 71.7 Å². The van der Waals surface area contributed by atoms with E-state index in [9.17, 15) is 22.8 Å². The van der Waals surface area contributed by atoms with E-state index >= 15 is 0 Å². The highest BCUT2D eigenvalue weighted by Crippen LogP contribution is 2.41. The molecule has 0 bridgehead atoms. The number of carboxylic acid groups (broad SMARTS) is 1.